The summed E-state index contributed by atoms with van der Waals surface area (Å²) < 4.78 is 13.4. The molecular weight excluding hydrogens is 515 g/mol. The normalized spacial score (nSPS) is 16.9. The maximum absolute atomic E-state index is 13.9. The summed E-state index contributed by atoms with van der Waals surface area (Å²) in [5.74, 6) is -0.469. The summed E-state index contributed by atoms with van der Waals surface area (Å²) >= 11 is 0. The Bertz CT molecular complexity index is 1740. The number of hydrogen-bond acceptors (Lipinski definition) is 3. The number of H-pyrrole nitrogens is 1. The van der Waals surface area contributed by atoms with Crippen molar-refractivity contribution >= 4 is 28.4 Å². The van der Waals surface area contributed by atoms with Crippen LogP contribution in [0.25, 0.3) is 22.2 Å². The van der Waals surface area contributed by atoms with Gasteiger partial charge in [0.15, 0.2) is 0 Å². The van der Waals surface area contributed by atoms with Gasteiger partial charge in [0.25, 0.3) is 5.91 Å². The van der Waals surface area contributed by atoms with Crippen LogP contribution in [0.5, 0.6) is 0 Å². The van der Waals surface area contributed by atoms with Gasteiger partial charge in [-0.15, -0.1) is 0 Å². The minimum Gasteiger partial charge on any atom is -0.368 e. The lowest BCUT2D eigenvalue weighted by atomic mass is 9.93. The van der Waals surface area contributed by atoms with E-state index in [4.69, 9.17) is 0 Å². The lowest BCUT2D eigenvalue weighted by molar-refractivity contribution is -0.132. The molecule has 1 fully saturated rings. The maximum atomic E-state index is 13.9. The molecule has 41 heavy (non-hydrogen) atoms. The van der Waals surface area contributed by atoms with Crippen LogP contribution in [0, 0.1) is 5.82 Å². The molecule has 1 atom stereocenters. The first kappa shape index (κ1) is 25.1. The fraction of sp³-hybridized carbons (Fsp3) is 0.176. The van der Waals surface area contributed by atoms with E-state index in [9.17, 15) is 14.0 Å². The average Bonchev–Trinajstić information content (AvgIpc) is 3.53. The molecule has 2 aliphatic heterocycles. The molecule has 1 saturated heterocycles. The van der Waals surface area contributed by atoms with E-state index < -0.39 is 6.04 Å². The Morgan fingerprint density at radius 2 is 1.49 bits per heavy atom. The third-order valence-electron chi connectivity index (χ3n) is 8.27. The molecule has 7 rings (SSSR count). The van der Waals surface area contributed by atoms with Gasteiger partial charge in [0.05, 0.1) is 11.7 Å². The van der Waals surface area contributed by atoms with E-state index in [1.165, 1.54) is 12.1 Å². The summed E-state index contributed by atoms with van der Waals surface area (Å²) in [6.07, 6.45) is 0. The van der Waals surface area contributed by atoms with E-state index in [0.717, 1.165) is 39.0 Å². The fourth-order valence-electron chi connectivity index (χ4n) is 6.24. The number of carbonyl (C=O) groups excluding carboxylic acids is 2. The van der Waals surface area contributed by atoms with Gasteiger partial charge < -0.3 is 19.7 Å². The minimum atomic E-state index is -0.408. The number of piperazine rings is 1. The van der Waals surface area contributed by atoms with Gasteiger partial charge in [0.2, 0.25) is 5.91 Å². The number of benzene rings is 4. The SMILES string of the molecule is O=C(CN1C(=O)c2ccccc2[C@@H]1c1c(-c2ccccc2)[nH]c2ccccc12)N1CCN(c2ccc(F)cc2)CC1. The number of hydrogen-bond donors (Lipinski definition) is 1. The van der Waals surface area contributed by atoms with Crippen LogP contribution < -0.4 is 4.90 Å². The summed E-state index contributed by atoms with van der Waals surface area (Å²) in [5, 5.41) is 1.03. The topological polar surface area (TPSA) is 59.7 Å². The van der Waals surface area contributed by atoms with Crippen molar-refractivity contribution in [3.63, 3.8) is 0 Å². The minimum absolute atomic E-state index is 0.0114. The summed E-state index contributed by atoms with van der Waals surface area (Å²) in [5.41, 5.74) is 6.45. The zero-order valence-electron chi connectivity index (χ0n) is 22.5. The van der Waals surface area contributed by atoms with Crippen LogP contribution in [0.1, 0.15) is 27.5 Å². The van der Waals surface area contributed by atoms with E-state index in [0.29, 0.717) is 31.7 Å². The highest BCUT2D eigenvalue weighted by Crippen LogP contribution is 2.45. The molecule has 3 heterocycles. The van der Waals surface area contributed by atoms with Crippen LogP contribution in [0.4, 0.5) is 10.1 Å². The van der Waals surface area contributed by atoms with Crippen molar-refractivity contribution in [3.8, 4) is 11.3 Å². The Morgan fingerprint density at radius 3 is 2.27 bits per heavy atom. The Kier molecular flexibility index (Phi) is 6.27. The van der Waals surface area contributed by atoms with E-state index in [-0.39, 0.29) is 24.2 Å². The van der Waals surface area contributed by atoms with E-state index in [1.807, 2.05) is 65.6 Å². The first-order valence-corrected chi connectivity index (χ1v) is 13.9. The second-order valence-electron chi connectivity index (χ2n) is 10.6. The van der Waals surface area contributed by atoms with Crippen molar-refractivity contribution in [3.05, 3.63) is 126 Å². The number of aromatic nitrogens is 1. The summed E-state index contributed by atoms with van der Waals surface area (Å²) in [7, 11) is 0. The Labute approximate surface area is 237 Å². The average molecular weight is 545 g/mol. The van der Waals surface area contributed by atoms with Crippen LogP contribution in [0.3, 0.4) is 0 Å². The molecule has 0 aliphatic carbocycles. The predicted molar refractivity (Wildman–Crippen MR) is 158 cm³/mol. The molecule has 6 nitrogen and oxygen atoms in total. The van der Waals surface area contributed by atoms with Crippen molar-refractivity contribution in [2.24, 2.45) is 0 Å². The lowest BCUT2D eigenvalue weighted by Crippen LogP contribution is -2.51. The molecule has 0 unspecified atom stereocenters. The molecule has 204 valence electrons. The van der Waals surface area contributed by atoms with Gasteiger partial charge in [-0.1, -0.05) is 66.7 Å². The highest BCUT2D eigenvalue weighted by molar-refractivity contribution is 6.03. The number of fused-ring (bicyclic) bond motifs is 2. The second kappa shape index (κ2) is 10.2. The van der Waals surface area contributed by atoms with Crippen molar-refractivity contribution in [2.45, 2.75) is 6.04 Å². The number of rotatable bonds is 5. The van der Waals surface area contributed by atoms with Crippen molar-refractivity contribution < 1.29 is 14.0 Å². The molecule has 0 saturated carbocycles. The number of nitrogens with zero attached hydrogens (tertiary/aromatic N) is 3. The molecule has 1 aromatic heterocycles. The number of anilines is 1. The first-order chi connectivity index (χ1) is 20.1. The lowest BCUT2D eigenvalue weighted by Gasteiger charge is -2.37. The molecule has 4 aromatic carbocycles. The molecule has 0 radical (unpaired) electrons. The molecule has 2 amide bonds. The third kappa shape index (κ3) is 4.43. The van der Waals surface area contributed by atoms with Gasteiger partial charge in [-0.25, -0.2) is 4.39 Å². The molecule has 2 aliphatic rings. The van der Waals surface area contributed by atoms with Crippen molar-refractivity contribution in [1.29, 1.82) is 0 Å². The first-order valence-electron chi connectivity index (χ1n) is 13.9. The van der Waals surface area contributed by atoms with Crippen molar-refractivity contribution in [1.82, 2.24) is 14.8 Å². The summed E-state index contributed by atoms with van der Waals surface area (Å²) in [6, 6.07) is 32.0. The van der Waals surface area contributed by atoms with Crippen LogP contribution >= 0.6 is 0 Å². The Balaban J connectivity index is 1.22. The summed E-state index contributed by atoms with van der Waals surface area (Å²) in [4.78, 5) is 36.9. The van der Waals surface area contributed by atoms with Gasteiger partial charge in [-0.05, 0) is 47.5 Å². The summed E-state index contributed by atoms with van der Waals surface area (Å²) in [6.45, 7) is 2.37. The van der Waals surface area contributed by atoms with Gasteiger partial charge in [0, 0.05) is 53.9 Å². The van der Waals surface area contributed by atoms with Crippen LogP contribution in [0.15, 0.2) is 103 Å². The Hall–Kier alpha value is -4.91. The second-order valence-corrected chi connectivity index (χ2v) is 10.6. The predicted octanol–water partition coefficient (Wildman–Crippen LogP) is 5.87. The quantitative estimate of drug-likeness (QED) is 0.301. The molecule has 7 heteroatoms. The Morgan fingerprint density at radius 1 is 0.805 bits per heavy atom. The zero-order valence-corrected chi connectivity index (χ0v) is 22.5. The number of carbonyl (C=O) groups is 2. The van der Waals surface area contributed by atoms with Gasteiger partial charge in [-0.2, -0.15) is 0 Å². The molecule has 1 N–H and O–H groups in total. The number of amides is 2. The number of aromatic amines is 1. The van der Waals surface area contributed by atoms with Gasteiger partial charge >= 0.3 is 0 Å². The largest absolute Gasteiger partial charge is 0.368 e. The highest BCUT2D eigenvalue weighted by atomic mass is 19.1. The van der Waals surface area contributed by atoms with Gasteiger partial charge in [-0.3, -0.25) is 9.59 Å². The van der Waals surface area contributed by atoms with Crippen molar-refractivity contribution in [2.75, 3.05) is 37.6 Å². The number of halogens is 1. The van der Waals surface area contributed by atoms with E-state index in [2.05, 4.69) is 28.1 Å². The zero-order chi connectivity index (χ0) is 27.9. The highest BCUT2D eigenvalue weighted by Gasteiger charge is 2.41. The number of nitrogens with one attached hydrogen (secondary N) is 1. The standard InChI is InChI=1S/C34H29FN4O2/c35-24-14-16-25(17-15-24)37-18-20-38(21-19-37)30(40)22-39-33(26-10-4-5-11-27(26)34(39)41)31-28-12-6-7-13-29(28)36-32(31)23-8-2-1-3-9-23/h1-17,33,36H,18-22H2/t33-/m1/s1. The van der Waals surface area contributed by atoms with E-state index >= 15 is 0 Å². The monoisotopic (exact) mass is 544 g/mol. The third-order valence-corrected chi connectivity index (χ3v) is 8.27. The molecule has 0 bridgehead atoms. The molecule has 5 aromatic rings. The van der Waals surface area contributed by atoms with Crippen LogP contribution in [-0.2, 0) is 4.79 Å². The fourth-order valence-corrected chi connectivity index (χ4v) is 6.24. The van der Waals surface area contributed by atoms with E-state index in [1.54, 1.807) is 17.0 Å². The van der Waals surface area contributed by atoms with Crippen LogP contribution in [0.2, 0.25) is 0 Å². The maximum Gasteiger partial charge on any atom is 0.255 e. The molecule has 0 spiro atoms. The molecular formula is C34H29FN4O2. The van der Waals surface area contributed by atoms with Crippen LogP contribution in [-0.4, -0.2) is 59.3 Å². The number of para-hydroxylation sites is 1. The van der Waals surface area contributed by atoms with Gasteiger partial charge in [0.1, 0.15) is 12.4 Å². The smallest absolute Gasteiger partial charge is 0.255 e.